The average molecular weight is 352 g/mol. The minimum absolute atomic E-state index is 0.0152. The summed E-state index contributed by atoms with van der Waals surface area (Å²) in [6.45, 7) is 5.32. The van der Waals surface area contributed by atoms with Crippen molar-refractivity contribution in [2.45, 2.75) is 45.2 Å². The van der Waals surface area contributed by atoms with Crippen LogP contribution in [0.1, 0.15) is 43.5 Å². The number of rotatable bonds is 5. The second-order valence-corrected chi connectivity index (χ2v) is 6.94. The van der Waals surface area contributed by atoms with E-state index in [-0.39, 0.29) is 23.8 Å². The molecule has 1 saturated heterocycles. The van der Waals surface area contributed by atoms with E-state index >= 15 is 0 Å². The number of carbonyl (C=O) groups is 2. The van der Waals surface area contributed by atoms with E-state index in [1.807, 2.05) is 18.7 Å². The minimum Gasteiger partial charge on any atom is -0.341 e. The molecule has 5 nitrogen and oxygen atoms in total. The van der Waals surface area contributed by atoms with Gasteiger partial charge in [0.2, 0.25) is 5.91 Å². The number of benzene rings is 1. The highest BCUT2D eigenvalue weighted by molar-refractivity contribution is 6.30. The Balaban J connectivity index is 2.08. The summed E-state index contributed by atoms with van der Waals surface area (Å²) in [5.41, 5.74) is 6.41. The number of nitrogens with two attached hydrogens (primary N) is 1. The first-order chi connectivity index (χ1) is 11.4. The summed E-state index contributed by atoms with van der Waals surface area (Å²) < 4.78 is 0. The molecule has 2 unspecified atom stereocenters. The molecule has 1 heterocycles. The van der Waals surface area contributed by atoms with Gasteiger partial charge in [-0.1, -0.05) is 31.9 Å². The zero-order valence-corrected chi connectivity index (χ0v) is 15.1. The maximum absolute atomic E-state index is 12.9. The summed E-state index contributed by atoms with van der Waals surface area (Å²) >= 11 is 5.86. The molecule has 6 heteroatoms. The molecule has 0 saturated carbocycles. The molecule has 0 aliphatic carbocycles. The standard InChI is InChI=1S/C18H26ClN3O2/c1-3-12(2)16(18(24)22-10-8-15(20)9-11-22)21-17(23)13-4-6-14(19)7-5-13/h4-7,12,15-16H,3,8-11,20H2,1-2H3,(H,21,23). The number of amides is 2. The fourth-order valence-corrected chi connectivity index (χ4v) is 2.95. The number of likely N-dealkylation sites (tertiary alicyclic amines) is 1. The summed E-state index contributed by atoms with van der Waals surface area (Å²) in [4.78, 5) is 27.2. The zero-order valence-electron chi connectivity index (χ0n) is 14.3. The number of nitrogens with one attached hydrogen (secondary N) is 1. The van der Waals surface area contributed by atoms with Gasteiger partial charge < -0.3 is 16.0 Å². The van der Waals surface area contributed by atoms with E-state index in [0.29, 0.717) is 23.7 Å². The van der Waals surface area contributed by atoms with Crippen molar-refractivity contribution in [1.82, 2.24) is 10.2 Å². The summed E-state index contributed by atoms with van der Waals surface area (Å²) in [5.74, 6) is -0.207. The molecular weight excluding hydrogens is 326 g/mol. The number of nitrogens with zero attached hydrogens (tertiary/aromatic N) is 1. The van der Waals surface area contributed by atoms with E-state index in [1.165, 1.54) is 0 Å². The van der Waals surface area contributed by atoms with Crippen LogP contribution in [0, 0.1) is 5.92 Å². The molecule has 2 atom stereocenters. The van der Waals surface area contributed by atoms with Crippen molar-refractivity contribution in [3.8, 4) is 0 Å². The third kappa shape index (κ3) is 4.71. The van der Waals surface area contributed by atoms with E-state index in [1.54, 1.807) is 24.3 Å². The maximum Gasteiger partial charge on any atom is 0.251 e. The molecule has 1 aromatic carbocycles. The smallest absolute Gasteiger partial charge is 0.251 e. The third-order valence-electron chi connectivity index (χ3n) is 4.72. The van der Waals surface area contributed by atoms with Crippen LogP contribution in [0.25, 0.3) is 0 Å². The first-order valence-corrected chi connectivity index (χ1v) is 8.91. The number of hydrogen-bond acceptors (Lipinski definition) is 3. The van der Waals surface area contributed by atoms with Crippen LogP contribution in [0.3, 0.4) is 0 Å². The molecule has 2 rings (SSSR count). The number of hydrogen-bond donors (Lipinski definition) is 2. The highest BCUT2D eigenvalue weighted by atomic mass is 35.5. The van der Waals surface area contributed by atoms with E-state index in [0.717, 1.165) is 19.3 Å². The summed E-state index contributed by atoms with van der Waals surface area (Å²) in [6, 6.07) is 6.31. The molecule has 1 fully saturated rings. The van der Waals surface area contributed by atoms with Crippen molar-refractivity contribution < 1.29 is 9.59 Å². The molecule has 1 aliphatic rings. The van der Waals surface area contributed by atoms with Crippen LogP contribution < -0.4 is 11.1 Å². The lowest BCUT2D eigenvalue weighted by molar-refractivity contribution is -0.135. The highest BCUT2D eigenvalue weighted by Gasteiger charge is 2.31. The molecular formula is C18H26ClN3O2. The first-order valence-electron chi connectivity index (χ1n) is 8.53. The Kier molecular flexibility index (Phi) is 6.63. The van der Waals surface area contributed by atoms with Crippen LogP contribution in [0.15, 0.2) is 24.3 Å². The van der Waals surface area contributed by atoms with Gasteiger partial charge in [-0.05, 0) is 43.0 Å². The van der Waals surface area contributed by atoms with Crippen LogP contribution in [0.5, 0.6) is 0 Å². The topological polar surface area (TPSA) is 75.4 Å². The van der Waals surface area contributed by atoms with Gasteiger partial charge >= 0.3 is 0 Å². The van der Waals surface area contributed by atoms with Crippen molar-refractivity contribution in [3.05, 3.63) is 34.9 Å². The molecule has 0 bridgehead atoms. The largest absolute Gasteiger partial charge is 0.341 e. The molecule has 2 amide bonds. The van der Waals surface area contributed by atoms with Crippen molar-refractivity contribution in [2.75, 3.05) is 13.1 Å². The molecule has 0 radical (unpaired) electrons. The lowest BCUT2D eigenvalue weighted by Gasteiger charge is -2.34. The normalized spacial score (nSPS) is 18.1. The van der Waals surface area contributed by atoms with Gasteiger partial charge in [0.15, 0.2) is 0 Å². The molecule has 0 spiro atoms. The van der Waals surface area contributed by atoms with Crippen molar-refractivity contribution in [2.24, 2.45) is 11.7 Å². The van der Waals surface area contributed by atoms with Gasteiger partial charge in [0.05, 0.1) is 0 Å². The minimum atomic E-state index is -0.521. The van der Waals surface area contributed by atoms with Crippen LogP contribution >= 0.6 is 11.6 Å². The van der Waals surface area contributed by atoms with Crippen LogP contribution in [-0.2, 0) is 4.79 Å². The number of carbonyl (C=O) groups excluding carboxylic acids is 2. The van der Waals surface area contributed by atoms with E-state index in [4.69, 9.17) is 17.3 Å². The second kappa shape index (κ2) is 8.49. The lowest BCUT2D eigenvalue weighted by Crippen LogP contribution is -2.54. The van der Waals surface area contributed by atoms with Gasteiger partial charge in [-0.15, -0.1) is 0 Å². The molecule has 24 heavy (non-hydrogen) atoms. The molecule has 3 N–H and O–H groups in total. The second-order valence-electron chi connectivity index (χ2n) is 6.51. The van der Waals surface area contributed by atoms with Gasteiger partial charge in [0.25, 0.3) is 5.91 Å². The zero-order chi connectivity index (χ0) is 17.7. The summed E-state index contributed by atoms with van der Waals surface area (Å²) in [6.07, 6.45) is 2.43. The third-order valence-corrected chi connectivity index (χ3v) is 4.98. The van der Waals surface area contributed by atoms with Gasteiger partial charge in [0, 0.05) is 29.7 Å². The van der Waals surface area contributed by atoms with Crippen LogP contribution in [0.2, 0.25) is 5.02 Å². The summed E-state index contributed by atoms with van der Waals surface area (Å²) in [5, 5.41) is 3.48. The molecule has 1 aliphatic heterocycles. The summed E-state index contributed by atoms with van der Waals surface area (Å²) in [7, 11) is 0. The Morgan fingerprint density at radius 3 is 2.42 bits per heavy atom. The van der Waals surface area contributed by atoms with Crippen molar-refractivity contribution >= 4 is 23.4 Å². The highest BCUT2D eigenvalue weighted by Crippen LogP contribution is 2.16. The Hall–Kier alpha value is -1.59. The molecule has 1 aromatic rings. The predicted octanol–water partition coefficient (Wildman–Crippen LogP) is 2.43. The Labute approximate surface area is 148 Å². The molecule has 132 valence electrons. The Morgan fingerprint density at radius 2 is 1.88 bits per heavy atom. The quantitative estimate of drug-likeness (QED) is 0.855. The monoisotopic (exact) mass is 351 g/mol. The SMILES string of the molecule is CCC(C)C(NC(=O)c1ccc(Cl)cc1)C(=O)N1CCC(N)CC1. The van der Waals surface area contributed by atoms with E-state index < -0.39 is 6.04 Å². The van der Waals surface area contributed by atoms with Gasteiger partial charge in [0.1, 0.15) is 6.04 Å². The van der Waals surface area contributed by atoms with Crippen molar-refractivity contribution in [3.63, 3.8) is 0 Å². The lowest BCUT2D eigenvalue weighted by atomic mass is 9.96. The Morgan fingerprint density at radius 1 is 1.29 bits per heavy atom. The molecule has 0 aromatic heterocycles. The fourth-order valence-electron chi connectivity index (χ4n) is 2.83. The average Bonchev–Trinajstić information content (AvgIpc) is 2.59. The predicted molar refractivity (Wildman–Crippen MR) is 96.0 cm³/mol. The van der Waals surface area contributed by atoms with Gasteiger partial charge in [-0.25, -0.2) is 0 Å². The fraction of sp³-hybridized carbons (Fsp3) is 0.556. The first kappa shape index (κ1) is 18.7. The maximum atomic E-state index is 12.9. The van der Waals surface area contributed by atoms with E-state index in [9.17, 15) is 9.59 Å². The van der Waals surface area contributed by atoms with Crippen LogP contribution in [-0.4, -0.2) is 41.9 Å². The Bertz CT molecular complexity index is 568. The number of halogens is 1. The van der Waals surface area contributed by atoms with E-state index in [2.05, 4.69) is 5.32 Å². The van der Waals surface area contributed by atoms with Crippen molar-refractivity contribution in [1.29, 1.82) is 0 Å². The van der Waals surface area contributed by atoms with Crippen LogP contribution in [0.4, 0.5) is 0 Å². The van der Waals surface area contributed by atoms with Gasteiger partial charge in [-0.3, -0.25) is 9.59 Å². The van der Waals surface area contributed by atoms with Gasteiger partial charge in [-0.2, -0.15) is 0 Å². The number of piperidine rings is 1.